The van der Waals surface area contributed by atoms with E-state index in [9.17, 15) is 4.79 Å². The van der Waals surface area contributed by atoms with Gasteiger partial charge in [-0.15, -0.1) is 12.4 Å². The van der Waals surface area contributed by atoms with E-state index in [1.807, 2.05) is 24.3 Å². The maximum absolute atomic E-state index is 11.6. The number of carbonyl (C=O) groups excluding carboxylic acids is 1. The molecule has 0 fully saturated rings. The SMILES string of the molecule is CCCNCCNC(=O)Cc1cccc(I)c1.Cl. The predicted molar refractivity (Wildman–Crippen MR) is 86.3 cm³/mol. The third-order valence-corrected chi connectivity index (χ3v) is 2.98. The zero-order valence-corrected chi connectivity index (χ0v) is 13.5. The van der Waals surface area contributed by atoms with Crippen molar-refractivity contribution in [1.82, 2.24) is 10.6 Å². The summed E-state index contributed by atoms with van der Waals surface area (Å²) in [7, 11) is 0. The van der Waals surface area contributed by atoms with Gasteiger partial charge in [0.15, 0.2) is 0 Å². The average molecular weight is 383 g/mol. The van der Waals surface area contributed by atoms with Crippen molar-refractivity contribution >= 4 is 40.9 Å². The van der Waals surface area contributed by atoms with Crippen molar-refractivity contribution in [2.24, 2.45) is 0 Å². The number of hydrogen-bond acceptors (Lipinski definition) is 2. The monoisotopic (exact) mass is 382 g/mol. The van der Waals surface area contributed by atoms with Crippen molar-refractivity contribution in [2.45, 2.75) is 19.8 Å². The summed E-state index contributed by atoms with van der Waals surface area (Å²) in [6.07, 6.45) is 1.58. The van der Waals surface area contributed by atoms with Gasteiger partial charge in [-0.1, -0.05) is 19.1 Å². The van der Waals surface area contributed by atoms with Gasteiger partial charge < -0.3 is 10.6 Å². The van der Waals surface area contributed by atoms with E-state index in [0.29, 0.717) is 13.0 Å². The van der Waals surface area contributed by atoms with Crippen LogP contribution in [-0.2, 0) is 11.2 Å². The normalized spacial score (nSPS) is 9.67. The molecule has 0 aromatic heterocycles. The molecule has 0 aliphatic heterocycles. The Morgan fingerprint density at radius 1 is 1.28 bits per heavy atom. The zero-order valence-electron chi connectivity index (χ0n) is 10.5. The summed E-state index contributed by atoms with van der Waals surface area (Å²) in [5.74, 6) is 0.0882. The lowest BCUT2D eigenvalue weighted by molar-refractivity contribution is -0.120. The van der Waals surface area contributed by atoms with E-state index in [1.54, 1.807) is 0 Å². The van der Waals surface area contributed by atoms with Crippen molar-refractivity contribution in [3.05, 3.63) is 33.4 Å². The molecule has 0 saturated heterocycles. The molecule has 0 bridgehead atoms. The van der Waals surface area contributed by atoms with Crippen LogP contribution in [0.3, 0.4) is 0 Å². The molecule has 0 aliphatic rings. The molecular weight excluding hydrogens is 363 g/mol. The molecule has 1 aromatic carbocycles. The van der Waals surface area contributed by atoms with Crippen LogP contribution in [0.25, 0.3) is 0 Å². The Morgan fingerprint density at radius 3 is 2.72 bits per heavy atom. The van der Waals surface area contributed by atoms with Gasteiger partial charge in [0.25, 0.3) is 0 Å². The van der Waals surface area contributed by atoms with Crippen LogP contribution in [0.15, 0.2) is 24.3 Å². The highest BCUT2D eigenvalue weighted by molar-refractivity contribution is 14.1. The van der Waals surface area contributed by atoms with Gasteiger partial charge in [0.05, 0.1) is 6.42 Å². The second-order valence-corrected chi connectivity index (χ2v) is 5.15. The van der Waals surface area contributed by atoms with Crippen LogP contribution in [0.4, 0.5) is 0 Å². The number of carbonyl (C=O) groups is 1. The van der Waals surface area contributed by atoms with Crippen molar-refractivity contribution in [3.63, 3.8) is 0 Å². The van der Waals surface area contributed by atoms with E-state index in [1.165, 1.54) is 0 Å². The van der Waals surface area contributed by atoms with Crippen LogP contribution < -0.4 is 10.6 Å². The van der Waals surface area contributed by atoms with Crippen LogP contribution in [0.2, 0.25) is 0 Å². The number of hydrogen-bond donors (Lipinski definition) is 2. The zero-order chi connectivity index (χ0) is 12.5. The molecule has 1 amide bonds. The number of halogens is 2. The molecule has 0 spiro atoms. The fraction of sp³-hybridized carbons (Fsp3) is 0.462. The summed E-state index contributed by atoms with van der Waals surface area (Å²) in [6, 6.07) is 8.02. The fourth-order valence-corrected chi connectivity index (χ4v) is 2.09. The molecule has 5 heteroatoms. The van der Waals surface area contributed by atoms with E-state index in [0.717, 1.165) is 28.6 Å². The molecule has 18 heavy (non-hydrogen) atoms. The van der Waals surface area contributed by atoms with Gasteiger partial charge in [-0.2, -0.15) is 0 Å². The van der Waals surface area contributed by atoms with Gasteiger partial charge >= 0.3 is 0 Å². The van der Waals surface area contributed by atoms with Gasteiger partial charge in [0.1, 0.15) is 0 Å². The van der Waals surface area contributed by atoms with E-state index in [4.69, 9.17) is 0 Å². The lowest BCUT2D eigenvalue weighted by atomic mass is 10.1. The third kappa shape index (κ3) is 7.89. The largest absolute Gasteiger partial charge is 0.355 e. The number of rotatable bonds is 7. The summed E-state index contributed by atoms with van der Waals surface area (Å²) in [4.78, 5) is 11.6. The first-order valence-electron chi connectivity index (χ1n) is 5.94. The lowest BCUT2D eigenvalue weighted by Crippen LogP contribution is -2.32. The highest BCUT2D eigenvalue weighted by Crippen LogP contribution is 2.08. The smallest absolute Gasteiger partial charge is 0.224 e. The van der Waals surface area contributed by atoms with Gasteiger partial charge in [-0.3, -0.25) is 4.79 Å². The van der Waals surface area contributed by atoms with Crippen LogP contribution in [0.5, 0.6) is 0 Å². The van der Waals surface area contributed by atoms with E-state index >= 15 is 0 Å². The molecule has 2 N–H and O–H groups in total. The molecule has 0 atom stereocenters. The molecule has 3 nitrogen and oxygen atoms in total. The molecule has 0 saturated carbocycles. The van der Waals surface area contributed by atoms with Crippen molar-refractivity contribution < 1.29 is 4.79 Å². The minimum absolute atomic E-state index is 0. The molecule has 1 rings (SSSR count). The quantitative estimate of drug-likeness (QED) is 0.561. The summed E-state index contributed by atoms with van der Waals surface area (Å²) in [5.41, 5.74) is 1.07. The van der Waals surface area contributed by atoms with Crippen molar-refractivity contribution in [2.75, 3.05) is 19.6 Å². The Bertz CT molecular complexity index is 361. The minimum atomic E-state index is 0. The number of benzene rings is 1. The average Bonchev–Trinajstić information content (AvgIpc) is 2.29. The first-order valence-corrected chi connectivity index (χ1v) is 7.02. The van der Waals surface area contributed by atoms with Crippen molar-refractivity contribution in [1.29, 1.82) is 0 Å². The second kappa shape index (κ2) is 10.6. The molecule has 0 heterocycles. The molecule has 0 unspecified atom stereocenters. The van der Waals surface area contributed by atoms with Crippen LogP contribution in [0.1, 0.15) is 18.9 Å². The molecular formula is C13H20ClIN2O. The number of nitrogens with one attached hydrogen (secondary N) is 2. The first-order chi connectivity index (χ1) is 8.22. The predicted octanol–water partition coefficient (Wildman–Crippen LogP) is 2.37. The Balaban J connectivity index is 0.00000289. The highest BCUT2D eigenvalue weighted by Gasteiger charge is 2.02. The highest BCUT2D eigenvalue weighted by atomic mass is 127. The Hall–Kier alpha value is -0.330. The van der Waals surface area contributed by atoms with Crippen LogP contribution in [0, 0.1) is 3.57 Å². The molecule has 102 valence electrons. The van der Waals surface area contributed by atoms with Gasteiger partial charge in [-0.05, 0) is 53.3 Å². The van der Waals surface area contributed by atoms with E-state index < -0.39 is 0 Å². The lowest BCUT2D eigenvalue weighted by Gasteiger charge is -2.06. The molecule has 1 aromatic rings. The molecule has 0 aliphatic carbocycles. The second-order valence-electron chi connectivity index (χ2n) is 3.91. The van der Waals surface area contributed by atoms with Gasteiger partial charge in [-0.25, -0.2) is 0 Å². The summed E-state index contributed by atoms with van der Waals surface area (Å²) in [5, 5.41) is 6.15. The van der Waals surface area contributed by atoms with Crippen LogP contribution >= 0.6 is 35.0 Å². The van der Waals surface area contributed by atoms with Crippen LogP contribution in [-0.4, -0.2) is 25.5 Å². The number of amides is 1. The Labute approximate surface area is 129 Å². The minimum Gasteiger partial charge on any atom is -0.355 e. The maximum Gasteiger partial charge on any atom is 0.224 e. The summed E-state index contributed by atoms with van der Waals surface area (Å²) < 4.78 is 1.16. The van der Waals surface area contributed by atoms with Gasteiger partial charge in [0.2, 0.25) is 5.91 Å². The Kier molecular flexibility index (Phi) is 10.4. The third-order valence-electron chi connectivity index (χ3n) is 2.30. The van der Waals surface area contributed by atoms with Gasteiger partial charge in [0, 0.05) is 16.7 Å². The standard InChI is InChI=1S/C13H19IN2O.ClH/c1-2-6-15-7-8-16-13(17)10-11-4-3-5-12(14)9-11;/h3-5,9,15H,2,6-8,10H2,1H3,(H,16,17);1H. The molecule has 0 radical (unpaired) electrons. The van der Waals surface area contributed by atoms with E-state index in [2.05, 4.69) is 40.1 Å². The maximum atomic E-state index is 11.6. The summed E-state index contributed by atoms with van der Waals surface area (Å²) >= 11 is 2.25. The topological polar surface area (TPSA) is 41.1 Å². The van der Waals surface area contributed by atoms with E-state index in [-0.39, 0.29) is 18.3 Å². The van der Waals surface area contributed by atoms with Crippen molar-refractivity contribution in [3.8, 4) is 0 Å². The fourth-order valence-electron chi connectivity index (χ4n) is 1.49. The first kappa shape index (κ1) is 17.7. The Morgan fingerprint density at radius 2 is 2.06 bits per heavy atom. The summed E-state index contributed by atoms with van der Waals surface area (Å²) in [6.45, 7) is 4.67.